The van der Waals surface area contributed by atoms with Gasteiger partial charge in [0, 0.05) is 6.26 Å². The second-order valence-corrected chi connectivity index (χ2v) is 1.66. The molecule has 3 heteroatoms. The van der Waals surface area contributed by atoms with Crippen LogP contribution < -0.4 is 0 Å². The molecule has 0 aromatic carbocycles. The van der Waals surface area contributed by atoms with E-state index in [0.717, 1.165) is 5.09 Å². The molecule has 0 saturated heterocycles. The van der Waals surface area contributed by atoms with Crippen LogP contribution in [0.3, 0.4) is 0 Å². The van der Waals surface area contributed by atoms with Crippen molar-refractivity contribution in [2.75, 3.05) is 0 Å². The normalized spacial score (nSPS) is 9.29. The molecule has 1 radical (unpaired) electrons. The summed E-state index contributed by atoms with van der Waals surface area (Å²) in [4.78, 5) is 3.67. The largest absolute Gasteiger partial charge is 0.437 e. The van der Waals surface area contributed by atoms with Crippen molar-refractivity contribution in [2.45, 2.75) is 5.09 Å². The van der Waals surface area contributed by atoms with E-state index in [-0.39, 0.29) is 0 Å². The van der Waals surface area contributed by atoms with Crippen LogP contribution in [0.5, 0.6) is 0 Å². The molecule has 1 aromatic heterocycles. The first-order valence-corrected chi connectivity index (χ1v) is 2.72. The third kappa shape index (κ3) is 0.962. The molecule has 37 valence electrons. The first-order valence-electron chi connectivity index (χ1n) is 1.74. The summed E-state index contributed by atoms with van der Waals surface area (Å²) in [5.74, 6) is 0. The fraction of sp³-hybridized carbons (Fsp3) is 0. The first-order chi connectivity index (χ1) is 3.43. The summed E-state index contributed by atoms with van der Waals surface area (Å²) >= 11 is 1.30. The SMILES string of the molecule is [CH2]Sc1cnco1. The van der Waals surface area contributed by atoms with Gasteiger partial charge in [0.25, 0.3) is 0 Å². The van der Waals surface area contributed by atoms with Gasteiger partial charge < -0.3 is 4.42 Å². The van der Waals surface area contributed by atoms with E-state index < -0.39 is 0 Å². The van der Waals surface area contributed by atoms with Crippen LogP contribution in [0, 0.1) is 6.26 Å². The van der Waals surface area contributed by atoms with Gasteiger partial charge in [-0.05, 0) is 0 Å². The van der Waals surface area contributed by atoms with Crippen LogP contribution in [-0.2, 0) is 0 Å². The Hall–Kier alpha value is -0.440. The van der Waals surface area contributed by atoms with Crippen LogP contribution in [0.1, 0.15) is 0 Å². The average molecular weight is 114 g/mol. The van der Waals surface area contributed by atoms with E-state index in [1.165, 1.54) is 18.2 Å². The lowest BCUT2D eigenvalue weighted by atomic mass is 11.0. The number of hydrogen-bond acceptors (Lipinski definition) is 3. The summed E-state index contributed by atoms with van der Waals surface area (Å²) in [6, 6.07) is 0. The Bertz CT molecular complexity index is 126. The predicted octanol–water partition coefficient (Wildman–Crippen LogP) is 1.56. The van der Waals surface area contributed by atoms with Crippen molar-refractivity contribution in [3.05, 3.63) is 18.8 Å². The highest BCUT2D eigenvalue weighted by Gasteiger charge is 1.86. The average Bonchev–Trinajstić information content (AvgIpc) is 2.14. The van der Waals surface area contributed by atoms with E-state index in [1.807, 2.05) is 0 Å². The summed E-state index contributed by atoms with van der Waals surface area (Å²) in [6.07, 6.45) is 6.52. The van der Waals surface area contributed by atoms with Crippen molar-refractivity contribution in [1.29, 1.82) is 0 Å². The van der Waals surface area contributed by atoms with Gasteiger partial charge in [0.1, 0.15) is 0 Å². The molecule has 2 nitrogen and oxygen atoms in total. The lowest BCUT2D eigenvalue weighted by molar-refractivity contribution is 0.470. The molecular formula is C4H4NOS. The topological polar surface area (TPSA) is 26.0 Å². The van der Waals surface area contributed by atoms with E-state index in [4.69, 9.17) is 4.42 Å². The van der Waals surface area contributed by atoms with Crippen molar-refractivity contribution in [3.63, 3.8) is 0 Å². The Labute approximate surface area is 45.9 Å². The van der Waals surface area contributed by atoms with Gasteiger partial charge in [0.15, 0.2) is 11.5 Å². The van der Waals surface area contributed by atoms with Gasteiger partial charge in [-0.3, -0.25) is 0 Å². The van der Waals surface area contributed by atoms with Gasteiger partial charge >= 0.3 is 0 Å². The molecule has 0 aliphatic rings. The maximum atomic E-state index is 4.77. The van der Waals surface area contributed by atoms with Crippen LogP contribution in [-0.4, -0.2) is 4.98 Å². The maximum absolute atomic E-state index is 4.77. The fourth-order valence-corrected chi connectivity index (χ4v) is 0.522. The van der Waals surface area contributed by atoms with Gasteiger partial charge in [0.05, 0.1) is 6.20 Å². The Morgan fingerprint density at radius 2 is 2.71 bits per heavy atom. The molecule has 0 saturated carbocycles. The number of oxazole rings is 1. The zero-order valence-electron chi connectivity index (χ0n) is 3.63. The molecule has 0 atom stereocenters. The second-order valence-electron chi connectivity index (χ2n) is 0.965. The molecule has 0 bridgehead atoms. The number of thioether (sulfide) groups is 1. The molecule has 1 rings (SSSR count). The first kappa shape index (κ1) is 4.71. The molecule has 7 heavy (non-hydrogen) atoms. The van der Waals surface area contributed by atoms with Crippen molar-refractivity contribution >= 4 is 11.8 Å². The number of aromatic nitrogens is 1. The van der Waals surface area contributed by atoms with Crippen LogP contribution in [0.2, 0.25) is 0 Å². The highest BCUT2D eigenvalue weighted by Crippen LogP contribution is 2.12. The molecule has 0 aliphatic carbocycles. The van der Waals surface area contributed by atoms with Crippen LogP contribution in [0.15, 0.2) is 22.1 Å². The highest BCUT2D eigenvalue weighted by atomic mass is 32.2. The predicted molar refractivity (Wildman–Crippen MR) is 27.7 cm³/mol. The van der Waals surface area contributed by atoms with Crippen molar-refractivity contribution < 1.29 is 4.42 Å². The number of hydrogen-bond donors (Lipinski definition) is 0. The lowest BCUT2D eigenvalue weighted by Crippen LogP contribution is -1.49. The Morgan fingerprint density at radius 3 is 3.00 bits per heavy atom. The summed E-state index contributed by atoms with van der Waals surface area (Å²) in [5.41, 5.74) is 0. The summed E-state index contributed by atoms with van der Waals surface area (Å²) in [6.45, 7) is 0. The Morgan fingerprint density at radius 1 is 1.86 bits per heavy atom. The molecule has 0 amide bonds. The smallest absolute Gasteiger partial charge is 0.182 e. The molecule has 0 fully saturated rings. The number of rotatable bonds is 1. The van der Waals surface area contributed by atoms with Crippen LogP contribution >= 0.6 is 11.8 Å². The van der Waals surface area contributed by atoms with Crippen molar-refractivity contribution in [2.24, 2.45) is 0 Å². The van der Waals surface area contributed by atoms with Crippen LogP contribution in [0.25, 0.3) is 0 Å². The minimum atomic E-state index is 0.750. The second kappa shape index (κ2) is 2.02. The quantitative estimate of drug-likeness (QED) is 0.518. The van der Waals surface area contributed by atoms with Crippen molar-refractivity contribution in [3.8, 4) is 0 Å². The Kier molecular flexibility index (Phi) is 1.36. The van der Waals surface area contributed by atoms with Crippen LogP contribution in [0.4, 0.5) is 0 Å². The number of nitrogens with zero attached hydrogens (tertiary/aromatic N) is 1. The highest BCUT2D eigenvalue weighted by molar-refractivity contribution is 8.00. The molecular weight excluding hydrogens is 110 g/mol. The fourth-order valence-electron chi connectivity index (χ4n) is 0.275. The van der Waals surface area contributed by atoms with Crippen molar-refractivity contribution in [1.82, 2.24) is 4.98 Å². The summed E-state index contributed by atoms with van der Waals surface area (Å²) in [7, 11) is 0. The zero-order chi connectivity index (χ0) is 5.11. The standard InChI is InChI=1S/C4H4NOS/c1-7-4-2-5-3-6-4/h2-3H,1H2. The van der Waals surface area contributed by atoms with E-state index in [1.54, 1.807) is 6.20 Å². The third-order valence-electron chi connectivity index (χ3n) is 0.552. The monoisotopic (exact) mass is 114 g/mol. The lowest BCUT2D eigenvalue weighted by Gasteiger charge is -1.76. The zero-order valence-corrected chi connectivity index (χ0v) is 4.44. The molecule has 1 aromatic rings. The van der Waals surface area contributed by atoms with E-state index in [0.29, 0.717) is 0 Å². The minimum absolute atomic E-state index is 0.750. The van der Waals surface area contributed by atoms with Gasteiger partial charge in [-0.25, -0.2) is 4.98 Å². The molecule has 0 aliphatic heterocycles. The minimum Gasteiger partial charge on any atom is -0.437 e. The molecule has 1 heterocycles. The Balaban J connectivity index is 2.76. The van der Waals surface area contributed by atoms with Gasteiger partial charge in [-0.15, -0.1) is 0 Å². The van der Waals surface area contributed by atoms with E-state index >= 15 is 0 Å². The van der Waals surface area contributed by atoms with Gasteiger partial charge in [0.2, 0.25) is 0 Å². The third-order valence-corrected chi connectivity index (χ3v) is 1.04. The maximum Gasteiger partial charge on any atom is 0.182 e. The molecule has 0 unspecified atom stereocenters. The summed E-state index contributed by atoms with van der Waals surface area (Å²) < 4.78 is 4.77. The van der Waals surface area contributed by atoms with E-state index in [9.17, 15) is 0 Å². The van der Waals surface area contributed by atoms with E-state index in [2.05, 4.69) is 11.2 Å². The molecule has 0 spiro atoms. The molecule has 0 N–H and O–H groups in total. The summed E-state index contributed by atoms with van der Waals surface area (Å²) in [5, 5.41) is 0.750. The van der Waals surface area contributed by atoms with Gasteiger partial charge in [-0.1, -0.05) is 11.8 Å². The van der Waals surface area contributed by atoms with Gasteiger partial charge in [-0.2, -0.15) is 0 Å².